The second kappa shape index (κ2) is 5.97. The number of benzene rings is 1. The van der Waals surface area contributed by atoms with Crippen molar-refractivity contribution in [3.63, 3.8) is 0 Å². The van der Waals surface area contributed by atoms with Crippen LogP contribution in [0.25, 0.3) is 0 Å². The van der Waals surface area contributed by atoms with Crippen molar-refractivity contribution in [1.29, 1.82) is 0 Å². The van der Waals surface area contributed by atoms with E-state index in [2.05, 4.69) is 27.5 Å². The maximum absolute atomic E-state index is 11.3. The summed E-state index contributed by atoms with van der Waals surface area (Å²) in [6, 6.07) is 5.84. The Hall–Kier alpha value is -0.680. The molecule has 3 nitrogen and oxygen atoms in total. The van der Waals surface area contributed by atoms with E-state index in [1.807, 2.05) is 23.9 Å². The van der Waals surface area contributed by atoms with Gasteiger partial charge in [0.1, 0.15) is 0 Å². The third-order valence-corrected chi connectivity index (χ3v) is 5.06. The highest BCUT2D eigenvalue weighted by atomic mass is 79.9. The van der Waals surface area contributed by atoms with E-state index in [-0.39, 0.29) is 0 Å². The number of nitrogens with one attached hydrogen (secondary N) is 1. The molecule has 98 valence electrons. The maximum Gasteiger partial charge on any atom is 0.338 e. The molecule has 0 aliphatic heterocycles. The van der Waals surface area contributed by atoms with Crippen molar-refractivity contribution in [3.05, 3.63) is 28.2 Å². The lowest BCUT2D eigenvalue weighted by Gasteiger charge is -2.16. The maximum atomic E-state index is 11.3. The van der Waals surface area contributed by atoms with Gasteiger partial charge < -0.3 is 10.4 Å². The highest BCUT2D eigenvalue weighted by molar-refractivity contribution is 9.10. The molecule has 0 aromatic heterocycles. The van der Waals surface area contributed by atoms with Crippen LogP contribution in [0.15, 0.2) is 22.7 Å². The van der Waals surface area contributed by atoms with Crippen molar-refractivity contribution < 1.29 is 9.90 Å². The van der Waals surface area contributed by atoms with Crippen molar-refractivity contribution in [2.75, 3.05) is 11.6 Å². The van der Waals surface area contributed by atoms with Crippen LogP contribution in [0.3, 0.4) is 0 Å². The van der Waals surface area contributed by atoms with Crippen LogP contribution in [-0.2, 0) is 0 Å². The summed E-state index contributed by atoms with van der Waals surface area (Å²) in [6.45, 7) is 0. The summed E-state index contributed by atoms with van der Waals surface area (Å²) in [4.78, 5) is 11.3. The molecule has 0 saturated heterocycles. The van der Waals surface area contributed by atoms with Crippen molar-refractivity contribution in [1.82, 2.24) is 0 Å². The van der Waals surface area contributed by atoms with Gasteiger partial charge >= 0.3 is 5.97 Å². The summed E-state index contributed by atoms with van der Waals surface area (Å²) in [5.41, 5.74) is 1.04. The van der Waals surface area contributed by atoms with E-state index in [1.54, 1.807) is 6.07 Å². The number of hydrogen-bond acceptors (Lipinski definition) is 3. The van der Waals surface area contributed by atoms with E-state index >= 15 is 0 Å². The molecule has 5 heteroatoms. The smallest absolute Gasteiger partial charge is 0.338 e. The fourth-order valence-corrected chi connectivity index (χ4v) is 3.70. The molecule has 1 saturated carbocycles. The van der Waals surface area contributed by atoms with Gasteiger partial charge in [-0.05, 0) is 53.6 Å². The number of rotatable bonds is 4. The summed E-state index contributed by atoms with van der Waals surface area (Å²) in [7, 11) is 0. The summed E-state index contributed by atoms with van der Waals surface area (Å²) in [5.74, 6) is -0.899. The van der Waals surface area contributed by atoms with Crippen LogP contribution in [0.4, 0.5) is 5.69 Å². The van der Waals surface area contributed by atoms with Crippen LogP contribution in [0.1, 0.15) is 29.6 Å². The number of aromatic carboxylic acids is 1. The molecule has 0 radical (unpaired) electrons. The number of halogens is 1. The van der Waals surface area contributed by atoms with Crippen LogP contribution in [0, 0.1) is 0 Å². The number of carboxylic acids is 1. The number of carboxylic acid groups (broad SMARTS) is 1. The molecular weight excluding hydrogens is 314 g/mol. The first-order chi connectivity index (χ1) is 8.61. The standard InChI is InChI=1S/C13H16BrNO2S/c1-18-9-6-5-8(7-9)15-11-4-2-3-10(14)12(11)13(16)17/h2-4,8-9,15H,5-7H2,1H3,(H,16,17). The Kier molecular flexibility index (Phi) is 4.56. The number of anilines is 1. The first-order valence-corrected chi connectivity index (χ1v) is 8.01. The molecule has 2 rings (SSSR count). The second-order valence-electron chi connectivity index (χ2n) is 4.48. The summed E-state index contributed by atoms with van der Waals surface area (Å²) >= 11 is 5.19. The quantitative estimate of drug-likeness (QED) is 0.881. The second-order valence-corrected chi connectivity index (χ2v) is 6.47. The third kappa shape index (κ3) is 3.01. The molecule has 2 atom stereocenters. The Balaban J connectivity index is 2.15. The Morgan fingerprint density at radius 1 is 1.50 bits per heavy atom. The van der Waals surface area contributed by atoms with Gasteiger partial charge in [0, 0.05) is 15.8 Å². The minimum atomic E-state index is -0.899. The molecule has 1 aliphatic rings. The van der Waals surface area contributed by atoms with E-state index in [0.29, 0.717) is 27.0 Å². The minimum absolute atomic E-state index is 0.324. The topological polar surface area (TPSA) is 49.3 Å². The lowest BCUT2D eigenvalue weighted by Crippen LogP contribution is -2.18. The van der Waals surface area contributed by atoms with Crippen LogP contribution in [-0.4, -0.2) is 28.6 Å². The van der Waals surface area contributed by atoms with Crippen LogP contribution in [0.5, 0.6) is 0 Å². The van der Waals surface area contributed by atoms with E-state index < -0.39 is 5.97 Å². The molecule has 1 fully saturated rings. The average Bonchev–Trinajstić information content (AvgIpc) is 2.76. The molecule has 1 aromatic carbocycles. The zero-order valence-corrected chi connectivity index (χ0v) is 12.6. The molecule has 18 heavy (non-hydrogen) atoms. The zero-order chi connectivity index (χ0) is 13.1. The first kappa shape index (κ1) is 13.7. The van der Waals surface area contributed by atoms with E-state index in [0.717, 1.165) is 12.8 Å². The van der Waals surface area contributed by atoms with E-state index in [9.17, 15) is 9.90 Å². The van der Waals surface area contributed by atoms with Crippen molar-refractivity contribution >= 4 is 39.3 Å². The Bertz CT molecular complexity index is 453. The van der Waals surface area contributed by atoms with Gasteiger partial charge in [-0.1, -0.05) is 6.07 Å². The normalized spacial score (nSPS) is 23.0. The van der Waals surface area contributed by atoms with Gasteiger partial charge in [0.05, 0.1) is 11.3 Å². The molecule has 0 heterocycles. The zero-order valence-electron chi connectivity index (χ0n) is 10.1. The molecule has 1 aliphatic carbocycles. The van der Waals surface area contributed by atoms with E-state index in [1.165, 1.54) is 6.42 Å². The lowest BCUT2D eigenvalue weighted by atomic mass is 10.1. The average molecular weight is 330 g/mol. The lowest BCUT2D eigenvalue weighted by molar-refractivity contribution is 0.0697. The van der Waals surface area contributed by atoms with Crippen molar-refractivity contribution in [2.24, 2.45) is 0 Å². The number of thioether (sulfide) groups is 1. The molecule has 0 spiro atoms. The summed E-state index contributed by atoms with van der Waals surface area (Å²) in [5, 5.41) is 13.3. The van der Waals surface area contributed by atoms with Gasteiger partial charge in [0.25, 0.3) is 0 Å². The highest BCUT2D eigenvalue weighted by Gasteiger charge is 2.25. The predicted octanol–water partition coefficient (Wildman–Crippen LogP) is 3.84. The predicted molar refractivity (Wildman–Crippen MR) is 79.7 cm³/mol. The van der Waals surface area contributed by atoms with Gasteiger partial charge in [-0.25, -0.2) is 4.79 Å². The summed E-state index contributed by atoms with van der Waals surface area (Å²) < 4.78 is 0.624. The van der Waals surface area contributed by atoms with Gasteiger partial charge in [0.2, 0.25) is 0 Å². The molecule has 2 unspecified atom stereocenters. The number of carbonyl (C=O) groups is 1. The van der Waals surface area contributed by atoms with Crippen LogP contribution < -0.4 is 5.32 Å². The summed E-state index contributed by atoms with van der Waals surface area (Å²) in [6.07, 6.45) is 5.55. The third-order valence-electron chi connectivity index (χ3n) is 3.30. The van der Waals surface area contributed by atoms with Gasteiger partial charge in [-0.3, -0.25) is 0 Å². The van der Waals surface area contributed by atoms with Crippen LogP contribution >= 0.6 is 27.7 Å². The van der Waals surface area contributed by atoms with Crippen LogP contribution in [0.2, 0.25) is 0 Å². The van der Waals surface area contributed by atoms with Gasteiger partial charge in [-0.2, -0.15) is 11.8 Å². The van der Waals surface area contributed by atoms with E-state index in [4.69, 9.17) is 0 Å². The fraction of sp³-hybridized carbons (Fsp3) is 0.462. The molecule has 0 bridgehead atoms. The van der Waals surface area contributed by atoms with Crippen molar-refractivity contribution in [2.45, 2.75) is 30.6 Å². The highest BCUT2D eigenvalue weighted by Crippen LogP contribution is 2.32. The van der Waals surface area contributed by atoms with Crippen molar-refractivity contribution in [3.8, 4) is 0 Å². The fourth-order valence-electron chi connectivity index (χ4n) is 2.37. The molecular formula is C13H16BrNO2S. The first-order valence-electron chi connectivity index (χ1n) is 5.93. The Labute approximate surface area is 119 Å². The van der Waals surface area contributed by atoms with Gasteiger partial charge in [-0.15, -0.1) is 0 Å². The largest absolute Gasteiger partial charge is 0.478 e. The number of hydrogen-bond donors (Lipinski definition) is 2. The molecule has 1 aromatic rings. The Morgan fingerprint density at radius 3 is 2.89 bits per heavy atom. The molecule has 2 N–H and O–H groups in total. The minimum Gasteiger partial charge on any atom is -0.478 e. The SMILES string of the molecule is CSC1CCC(Nc2cccc(Br)c2C(=O)O)C1. The monoisotopic (exact) mass is 329 g/mol. The van der Waals surface area contributed by atoms with Gasteiger partial charge in [0.15, 0.2) is 0 Å². The molecule has 0 amide bonds. The Morgan fingerprint density at radius 2 is 2.28 bits per heavy atom.